The highest BCUT2D eigenvalue weighted by atomic mass is 16.1. The van der Waals surface area contributed by atoms with Gasteiger partial charge in [-0.1, -0.05) is 6.42 Å². The Hall–Kier alpha value is -0.660. The molecule has 4 rings (SSSR count). The Balaban J connectivity index is 1.55. The first-order valence-corrected chi connectivity index (χ1v) is 9.19. The minimum absolute atomic E-state index is 0.0635. The van der Waals surface area contributed by atoms with Gasteiger partial charge in [-0.3, -0.25) is 0 Å². The zero-order chi connectivity index (χ0) is 14.4. The molecule has 0 heterocycles. The van der Waals surface area contributed by atoms with E-state index in [1.165, 1.54) is 51.1 Å². The number of fused-ring (bicyclic) bond motifs is 5. The van der Waals surface area contributed by atoms with E-state index in [2.05, 4.69) is 0 Å². The van der Waals surface area contributed by atoms with Crippen LogP contribution in [-0.4, -0.2) is 12.6 Å². The Morgan fingerprint density at radius 1 is 0.810 bits per heavy atom. The summed E-state index contributed by atoms with van der Waals surface area (Å²) < 4.78 is 0. The Morgan fingerprint density at radius 2 is 1.67 bits per heavy atom. The average molecular weight is 288 g/mol. The van der Waals surface area contributed by atoms with Crippen LogP contribution in [0.5, 0.6) is 0 Å². The number of aldehydes is 2. The zero-order valence-corrected chi connectivity index (χ0v) is 13.0. The lowest BCUT2D eigenvalue weighted by Gasteiger charge is -2.54. The molecule has 4 fully saturated rings. The molecule has 0 aromatic heterocycles. The maximum absolute atomic E-state index is 11.8. The van der Waals surface area contributed by atoms with Gasteiger partial charge in [0.15, 0.2) is 0 Å². The summed E-state index contributed by atoms with van der Waals surface area (Å²) in [6, 6.07) is 0. The Bertz CT molecular complexity index is 431. The van der Waals surface area contributed by atoms with Gasteiger partial charge in [0.25, 0.3) is 0 Å². The first-order valence-electron chi connectivity index (χ1n) is 9.19. The van der Waals surface area contributed by atoms with Crippen LogP contribution in [0.15, 0.2) is 0 Å². The van der Waals surface area contributed by atoms with Crippen LogP contribution in [0.4, 0.5) is 0 Å². The Morgan fingerprint density at radius 3 is 2.48 bits per heavy atom. The second-order valence-corrected chi connectivity index (χ2v) is 8.43. The summed E-state index contributed by atoms with van der Waals surface area (Å²) >= 11 is 0. The van der Waals surface area contributed by atoms with E-state index in [0.29, 0.717) is 11.8 Å². The molecule has 21 heavy (non-hydrogen) atoms. The van der Waals surface area contributed by atoms with Crippen LogP contribution in [0, 0.1) is 40.9 Å². The van der Waals surface area contributed by atoms with E-state index >= 15 is 0 Å². The van der Waals surface area contributed by atoms with Crippen LogP contribution >= 0.6 is 0 Å². The van der Waals surface area contributed by atoms with Crippen molar-refractivity contribution < 1.29 is 9.59 Å². The van der Waals surface area contributed by atoms with Crippen LogP contribution in [-0.2, 0) is 9.59 Å². The summed E-state index contributed by atoms with van der Waals surface area (Å²) in [6.45, 7) is 0. The van der Waals surface area contributed by atoms with Gasteiger partial charge in [0.05, 0.1) is 0 Å². The van der Waals surface area contributed by atoms with E-state index in [1.54, 1.807) is 0 Å². The van der Waals surface area contributed by atoms with Gasteiger partial charge in [-0.2, -0.15) is 0 Å². The summed E-state index contributed by atoms with van der Waals surface area (Å²) in [5.41, 5.74) is 0.0635. The highest BCUT2D eigenvalue weighted by molar-refractivity contribution is 5.61. The van der Waals surface area contributed by atoms with E-state index < -0.39 is 0 Å². The van der Waals surface area contributed by atoms with Crippen LogP contribution in [0.3, 0.4) is 0 Å². The Labute approximate surface area is 128 Å². The van der Waals surface area contributed by atoms with E-state index in [0.717, 1.165) is 49.4 Å². The van der Waals surface area contributed by atoms with Gasteiger partial charge < -0.3 is 9.59 Å². The van der Waals surface area contributed by atoms with Gasteiger partial charge >= 0.3 is 0 Å². The molecule has 116 valence electrons. The fraction of sp³-hybridized carbons (Fsp3) is 0.895. The third kappa shape index (κ3) is 2.04. The SMILES string of the molecule is O=CC1CC[C@H]2C(CC[C@@H]3[C@@H]2CC[C@]2(C=O)CCC[C@@H]32)C1. The maximum atomic E-state index is 11.8. The third-order valence-corrected chi connectivity index (χ3v) is 7.84. The lowest BCUT2D eigenvalue weighted by Crippen LogP contribution is -2.48. The molecular formula is C19H28O2. The van der Waals surface area contributed by atoms with E-state index in [1.807, 2.05) is 0 Å². The smallest absolute Gasteiger partial charge is 0.126 e. The first-order chi connectivity index (χ1) is 10.3. The molecule has 0 radical (unpaired) electrons. The van der Waals surface area contributed by atoms with Crippen molar-refractivity contribution in [3.63, 3.8) is 0 Å². The van der Waals surface area contributed by atoms with Gasteiger partial charge in [-0.15, -0.1) is 0 Å². The van der Waals surface area contributed by atoms with E-state index in [-0.39, 0.29) is 5.41 Å². The summed E-state index contributed by atoms with van der Waals surface area (Å²) in [4.78, 5) is 22.9. The number of carbonyl (C=O) groups excluding carboxylic acids is 2. The highest BCUT2D eigenvalue weighted by Gasteiger charge is 2.55. The molecule has 2 heteroatoms. The van der Waals surface area contributed by atoms with Crippen LogP contribution in [0.25, 0.3) is 0 Å². The predicted molar refractivity (Wildman–Crippen MR) is 81.7 cm³/mol. The molecule has 0 aromatic carbocycles. The topological polar surface area (TPSA) is 34.1 Å². The molecule has 0 N–H and O–H groups in total. The minimum atomic E-state index is 0.0635. The lowest BCUT2D eigenvalue weighted by molar-refractivity contribution is -0.128. The zero-order valence-electron chi connectivity index (χ0n) is 13.0. The van der Waals surface area contributed by atoms with E-state index in [9.17, 15) is 9.59 Å². The van der Waals surface area contributed by atoms with Gasteiger partial charge in [-0.25, -0.2) is 0 Å². The first kappa shape index (κ1) is 14.0. The molecule has 2 unspecified atom stereocenters. The monoisotopic (exact) mass is 288 g/mol. The van der Waals surface area contributed by atoms with Crippen LogP contribution < -0.4 is 0 Å². The quantitative estimate of drug-likeness (QED) is 0.719. The van der Waals surface area contributed by atoms with Crippen LogP contribution in [0.2, 0.25) is 0 Å². The number of hydrogen-bond acceptors (Lipinski definition) is 2. The van der Waals surface area contributed by atoms with Crippen molar-refractivity contribution in [2.24, 2.45) is 40.9 Å². The van der Waals surface area contributed by atoms with Crippen molar-refractivity contribution >= 4 is 12.6 Å². The van der Waals surface area contributed by atoms with Gasteiger partial charge in [-0.05, 0) is 87.4 Å². The standard InChI is InChI=1S/C19H28O2/c20-11-13-3-5-15-14(10-13)4-6-17-16(15)7-9-19(12-21)8-1-2-18(17)19/h11-18H,1-10H2/t13?,14?,15-,16+,17+,18-,19-/m0/s1. The van der Waals surface area contributed by atoms with Crippen molar-refractivity contribution in [2.45, 2.75) is 64.2 Å². The Kier molecular flexibility index (Phi) is 3.46. The fourth-order valence-electron chi connectivity index (χ4n) is 6.92. The molecule has 0 aromatic rings. The molecular weight excluding hydrogens is 260 g/mol. The predicted octanol–water partition coefficient (Wildman–Crippen LogP) is 4.02. The summed E-state index contributed by atoms with van der Waals surface area (Å²) in [6.07, 6.45) is 14.9. The molecule has 0 aliphatic heterocycles. The highest BCUT2D eigenvalue weighted by Crippen LogP contribution is 2.62. The van der Waals surface area contributed by atoms with Crippen molar-refractivity contribution in [3.05, 3.63) is 0 Å². The molecule has 0 amide bonds. The summed E-state index contributed by atoms with van der Waals surface area (Å²) in [7, 11) is 0. The second-order valence-electron chi connectivity index (χ2n) is 8.43. The van der Waals surface area contributed by atoms with Gasteiger partial charge in [0.1, 0.15) is 12.6 Å². The lowest BCUT2D eigenvalue weighted by atomic mass is 9.50. The number of carbonyl (C=O) groups is 2. The van der Waals surface area contributed by atoms with Crippen molar-refractivity contribution in [2.75, 3.05) is 0 Å². The third-order valence-electron chi connectivity index (χ3n) is 7.84. The largest absolute Gasteiger partial charge is 0.303 e. The molecule has 4 saturated carbocycles. The van der Waals surface area contributed by atoms with Crippen molar-refractivity contribution in [1.82, 2.24) is 0 Å². The number of hydrogen-bond donors (Lipinski definition) is 0. The molecule has 7 atom stereocenters. The van der Waals surface area contributed by atoms with E-state index in [4.69, 9.17) is 0 Å². The molecule has 4 aliphatic carbocycles. The number of rotatable bonds is 2. The fourth-order valence-corrected chi connectivity index (χ4v) is 6.92. The normalized spacial score (nSPS) is 52.4. The molecule has 0 bridgehead atoms. The average Bonchev–Trinajstić information content (AvgIpc) is 2.98. The van der Waals surface area contributed by atoms with Gasteiger partial charge in [0.2, 0.25) is 0 Å². The molecule has 2 nitrogen and oxygen atoms in total. The van der Waals surface area contributed by atoms with Crippen LogP contribution in [0.1, 0.15) is 64.2 Å². The van der Waals surface area contributed by atoms with Crippen molar-refractivity contribution in [3.8, 4) is 0 Å². The maximum Gasteiger partial charge on any atom is 0.126 e. The molecule has 0 spiro atoms. The second kappa shape index (κ2) is 5.21. The minimum Gasteiger partial charge on any atom is -0.303 e. The van der Waals surface area contributed by atoms with Gasteiger partial charge in [0, 0.05) is 11.3 Å². The summed E-state index contributed by atoms with van der Waals surface area (Å²) in [5.74, 6) is 4.39. The van der Waals surface area contributed by atoms with Crippen molar-refractivity contribution in [1.29, 1.82) is 0 Å². The molecule has 0 saturated heterocycles. The molecule has 4 aliphatic rings. The summed E-state index contributed by atoms with van der Waals surface area (Å²) in [5, 5.41) is 0.